The van der Waals surface area contributed by atoms with E-state index in [-0.39, 0.29) is 11.2 Å². The Bertz CT molecular complexity index is 897. The summed E-state index contributed by atoms with van der Waals surface area (Å²) < 4.78 is 0. The highest BCUT2D eigenvalue weighted by molar-refractivity contribution is 5.99. The summed E-state index contributed by atoms with van der Waals surface area (Å²) in [5, 5.41) is 2.57. The number of benzene rings is 3. The number of carbonyl (C=O) groups excluding carboxylic acids is 1. The van der Waals surface area contributed by atoms with Gasteiger partial charge in [-0.3, -0.25) is 4.79 Å². The van der Waals surface area contributed by atoms with Gasteiger partial charge in [-0.25, -0.2) is 0 Å². The molecule has 1 fully saturated rings. The quantitative estimate of drug-likeness (QED) is 0.551. The van der Waals surface area contributed by atoms with Gasteiger partial charge in [0.1, 0.15) is 0 Å². The van der Waals surface area contributed by atoms with Gasteiger partial charge >= 0.3 is 0 Å². The highest BCUT2D eigenvalue weighted by Gasteiger charge is 2.46. The summed E-state index contributed by atoms with van der Waals surface area (Å²) >= 11 is 0. The molecule has 1 aliphatic carbocycles. The Morgan fingerprint density at radius 3 is 2.42 bits per heavy atom. The van der Waals surface area contributed by atoms with Crippen molar-refractivity contribution in [2.45, 2.75) is 38.0 Å². The maximum absolute atomic E-state index is 13.0. The van der Waals surface area contributed by atoms with Crippen LogP contribution in [0.2, 0.25) is 0 Å². The molecule has 0 unspecified atom stereocenters. The normalized spacial score (nSPS) is 15.4. The zero-order valence-electron chi connectivity index (χ0n) is 14.1. The molecule has 0 saturated heterocycles. The van der Waals surface area contributed by atoms with Crippen LogP contribution < -0.4 is 0 Å². The summed E-state index contributed by atoms with van der Waals surface area (Å²) in [7, 11) is 0. The predicted octanol–water partition coefficient (Wildman–Crippen LogP) is 5.71. The minimum Gasteiger partial charge on any atom is -0.294 e. The largest absolute Gasteiger partial charge is 0.294 e. The van der Waals surface area contributed by atoms with Crippen LogP contribution in [0.25, 0.3) is 10.8 Å². The van der Waals surface area contributed by atoms with Crippen molar-refractivity contribution in [3.8, 4) is 0 Å². The van der Waals surface area contributed by atoms with Gasteiger partial charge in [0.05, 0.1) is 0 Å². The number of Topliss-reactive ketones (excluding diaryl/α,β-unsaturated/α-hetero) is 1. The smallest absolute Gasteiger partial charge is 0.164 e. The standard InChI is InChI=1S/C23H22O/c1-2-17-8-3-6-12-20(17)22(24)16-23(14-15-23)21-13-7-10-18-9-4-5-11-19(18)21/h3-13H,2,14-16H2,1H3. The molecule has 3 aromatic rings. The van der Waals surface area contributed by atoms with Crippen molar-refractivity contribution in [2.75, 3.05) is 0 Å². The molecule has 1 aliphatic rings. The Morgan fingerprint density at radius 1 is 0.917 bits per heavy atom. The van der Waals surface area contributed by atoms with Gasteiger partial charge in [-0.2, -0.15) is 0 Å². The molecule has 0 heterocycles. The Hall–Kier alpha value is -2.41. The van der Waals surface area contributed by atoms with E-state index in [4.69, 9.17) is 0 Å². The molecule has 0 aromatic heterocycles. The third-order valence-electron chi connectivity index (χ3n) is 5.41. The number of hydrogen-bond donors (Lipinski definition) is 0. The topological polar surface area (TPSA) is 17.1 Å². The van der Waals surface area contributed by atoms with Crippen LogP contribution >= 0.6 is 0 Å². The Morgan fingerprint density at radius 2 is 1.62 bits per heavy atom. The molecule has 0 atom stereocenters. The Labute approximate surface area is 143 Å². The maximum atomic E-state index is 13.0. The number of ketones is 1. The molecule has 0 spiro atoms. The van der Waals surface area contributed by atoms with Crippen LogP contribution in [-0.2, 0) is 11.8 Å². The van der Waals surface area contributed by atoms with E-state index < -0.39 is 0 Å². The van der Waals surface area contributed by atoms with Crippen LogP contribution in [0.15, 0.2) is 66.7 Å². The summed E-state index contributed by atoms with van der Waals surface area (Å²) in [6.07, 6.45) is 3.75. The van der Waals surface area contributed by atoms with Gasteiger partial charge in [0, 0.05) is 17.4 Å². The van der Waals surface area contributed by atoms with Gasteiger partial charge < -0.3 is 0 Å². The van der Waals surface area contributed by atoms with Crippen molar-refractivity contribution in [3.05, 3.63) is 83.4 Å². The zero-order chi connectivity index (χ0) is 16.6. The van der Waals surface area contributed by atoms with E-state index in [2.05, 4.69) is 55.5 Å². The average molecular weight is 314 g/mol. The molecule has 1 heteroatoms. The van der Waals surface area contributed by atoms with Gasteiger partial charge in [-0.1, -0.05) is 73.7 Å². The fourth-order valence-electron chi connectivity index (χ4n) is 3.88. The Balaban J connectivity index is 1.70. The summed E-state index contributed by atoms with van der Waals surface area (Å²) in [4.78, 5) is 13.0. The van der Waals surface area contributed by atoms with Crippen LogP contribution in [0.5, 0.6) is 0 Å². The van der Waals surface area contributed by atoms with E-state index in [0.717, 1.165) is 30.4 Å². The molecule has 24 heavy (non-hydrogen) atoms. The van der Waals surface area contributed by atoms with Crippen molar-refractivity contribution in [1.82, 2.24) is 0 Å². The molecule has 1 saturated carbocycles. The first-order chi connectivity index (χ1) is 11.7. The molecule has 0 bridgehead atoms. The summed E-state index contributed by atoms with van der Waals surface area (Å²) in [5.41, 5.74) is 3.46. The first-order valence-electron chi connectivity index (χ1n) is 8.83. The lowest BCUT2D eigenvalue weighted by molar-refractivity contribution is 0.0969. The van der Waals surface area contributed by atoms with E-state index in [9.17, 15) is 4.79 Å². The maximum Gasteiger partial charge on any atom is 0.164 e. The van der Waals surface area contributed by atoms with Gasteiger partial charge in [0.25, 0.3) is 0 Å². The minimum absolute atomic E-state index is 0.0405. The SMILES string of the molecule is CCc1ccccc1C(=O)CC1(c2cccc3ccccc23)CC1. The predicted molar refractivity (Wildman–Crippen MR) is 99.6 cm³/mol. The van der Waals surface area contributed by atoms with E-state index in [0.29, 0.717) is 6.42 Å². The van der Waals surface area contributed by atoms with E-state index in [1.54, 1.807) is 0 Å². The van der Waals surface area contributed by atoms with Crippen LogP contribution in [-0.4, -0.2) is 5.78 Å². The number of hydrogen-bond acceptors (Lipinski definition) is 1. The van der Waals surface area contributed by atoms with Crippen LogP contribution in [0.1, 0.15) is 47.7 Å². The third-order valence-corrected chi connectivity index (χ3v) is 5.41. The summed E-state index contributed by atoms with van der Waals surface area (Å²) in [6, 6.07) is 23.1. The lowest BCUT2D eigenvalue weighted by Gasteiger charge is -2.18. The molecule has 120 valence electrons. The second kappa shape index (κ2) is 5.90. The van der Waals surface area contributed by atoms with Crippen molar-refractivity contribution < 1.29 is 4.79 Å². The molecule has 0 aliphatic heterocycles. The first kappa shape index (κ1) is 15.1. The zero-order valence-corrected chi connectivity index (χ0v) is 14.1. The highest BCUT2D eigenvalue weighted by atomic mass is 16.1. The number of aryl methyl sites for hydroxylation is 1. The molecule has 3 aromatic carbocycles. The average Bonchev–Trinajstić information content (AvgIpc) is 3.41. The van der Waals surface area contributed by atoms with E-state index in [1.165, 1.54) is 16.3 Å². The fourth-order valence-corrected chi connectivity index (χ4v) is 3.88. The van der Waals surface area contributed by atoms with Crippen molar-refractivity contribution >= 4 is 16.6 Å². The van der Waals surface area contributed by atoms with Crippen LogP contribution in [0.4, 0.5) is 0 Å². The Kier molecular flexibility index (Phi) is 3.72. The minimum atomic E-state index is 0.0405. The number of rotatable bonds is 5. The van der Waals surface area contributed by atoms with Gasteiger partial charge in [0.15, 0.2) is 5.78 Å². The molecule has 0 N–H and O–H groups in total. The van der Waals surface area contributed by atoms with E-state index >= 15 is 0 Å². The fraction of sp³-hybridized carbons (Fsp3) is 0.261. The molecular formula is C23H22O. The van der Waals surface area contributed by atoms with Crippen molar-refractivity contribution in [1.29, 1.82) is 0 Å². The second-order valence-corrected chi connectivity index (χ2v) is 6.92. The van der Waals surface area contributed by atoms with Gasteiger partial charge in [-0.05, 0) is 41.2 Å². The monoisotopic (exact) mass is 314 g/mol. The van der Waals surface area contributed by atoms with Crippen LogP contribution in [0, 0.1) is 0 Å². The lowest BCUT2D eigenvalue weighted by atomic mass is 9.84. The first-order valence-corrected chi connectivity index (χ1v) is 8.83. The molecule has 0 radical (unpaired) electrons. The number of fused-ring (bicyclic) bond motifs is 1. The summed E-state index contributed by atoms with van der Waals surface area (Å²) in [6.45, 7) is 2.11. The lowest BCUT2D eigenvalue weighted by Crippen LogP contribution is -2.15. The molecule has 4 rings (SSSR count). The number of carbonyl (C=O) groups is 1. The van der Waals surface area contributed by atoms with Gasteiger partial charge in [0.2, 0.25) is 0 Å². The molecule has 0 amide bonds. The molecule has 1 nitrogen and oxygen atoms in total. The third kappa shape index (κ3) is 2.54. The van der Waals surface area contributed by atoms with Crippen LogP contribution in [0.3, 0.4) is 0 Å². The van der Waals surface area contributed by atoms with E-state index in [1.807, 2.05) is 18.2 Å². The van der Waals surface area contributed by atoms with Gasteiger partial charge in [-0.15, -0.1) is 0 Å². The molecular weight excluding hydrogens is 292 g/mol. The second-order valence-electron chi connectivity index (χ2n) is 6.92. The van der Waals surface area contributed by atoms with Crippen molar-refractivity contribution in [3.63, 3.8) is 0 Å². The summed E-state index contributed by atoms with van der Waals surface area (Å²) in [5.74, 6) is 0.290. The highest BCUT2D eigenvalue weighted by Crippen LogP contribution is 2.53. The van der Waals surface area contributed by atoms with Crippen molar-refractivity contribution in [2.24, 2.45) is 0 Å².